The van der Waals surface area contributed by atoms with Crippen LogP contribution < -0.4 is 5.32 Å². The van der Waals surface area contributed by atoms with Gasteiger partial charge in [0.05, 0.1) is 22.4 Å². The van der Waals surface area contributed by atoms with E-state index in [1.807, 2.05) is 31.2 Å². The van der Waals surface area contributed by atoms with Crippen molar-refractivity contribution in [1.29, 1.82) is 0 Å². The monoisotopic (exact) mass is 466 g/mol. The van der Waals surface area contributed by atoms with Crippen molar-refractivity contribution in [2.24, 2.45) is 23.7 Å². The molecule has 5 rings (SSSR count). The molecule has 1 amide bonds. The second-order valence-corrected chi connectivity index (χ2v) is 10.1. The molecule has 1 aromatic carbocycles. The number of fused-ring (bicyclic) bond motifs is 1. The second-order valence-electron chi connectivity index (χ2n) is 7.38. The first-order valence-electron chi connectivity index (χ1n) is 8.83. The van der Waals surface area contributed by atoms with Crippen molar-refractivity contribution in [3.8, 4) is 11.3 Å². The minimum absolute atomic E-state index is 0.0589. The maximum atomic E-state index is 13.0. The summed E-state index contributed by atoms with van der Waals surface area (Å²) in [5.74, 6) is -0.740. The quantitative estimate of drug-likeness (QED) is 0.540. The molecule has 8 heteroatoms. The molecular weight excluding hydrogens is 452 g/mol. The number of amides is 1. The number of benzene rings is 1. The van der Waals surface area contributed by atoms with E-state index in [0.29, 0.717) is 10.2 Å². The molecule has 2 aliphatic carbocycles. The van der Waals surface area contributed by atoms with Gasteiger partial charge in [-0.15, -0.1) is 11.3 Å². The van der Waals surface area contributed by atoms with Gasteiger partial charge in [-0.3, -0.25) is 9.59 Å². The standard InChI is InChI=1S/C19H16BrClN2O3S/c1-7-15(8-2-4-9(21)5-3-8)22-19(27-7)23-17(24)12-10-6-11-13(12)18(25)26-16(11)14(10)20/h2-5,10-14,16H,6H2,1H3,(H,22,23,24)/t10-,11-,12-,13+,14+,16+/m1/s1. The summed E-state index contributed by atoms with van der Waals surface area (Å²) in [7, 11) is 0. The molecule has 1 aromatic heterocycles. The molecule has 1 N–H and O–H groups in total. The smallest absolute Gasteiger partial charge is 0.310 e. The number of nitrogens with zero attached hydrogens (tertiary/aromatic N) is 1. The average Bonchev–Trinajstić information content (AvgIpc) is 3.33. The van der Waals surface area contributed by atoms with Crippen LogP contribution in [0.4, 0.5) is 5.13 Å². The van der Waals surface area contributed by atoms with Crippen LogP contribution in [0.1, 0.15) is 11.3 Å². The van der Waals surface area contributed by atoms with Crippen molar-refractivity contribution in [3.05, 3.63) is 34.2 Å². The van der Waals surface area contributed by atoms with E-state index in [1.165, 1.54) is 11.3 Å². The van der Waals surface area contributed by atoms with Crippen LogP contribution in [0.25, 0.3) is 11.3 Å². The Hall–Kier alpha value is -1.44. The van der Waals surface area contributed by atoms with Crippen LogP contribution in [0.15, 0.2) is 24.3 Å². The highest BCUT2D eigenvalue weighted by Crippen LogP contribution is 2.60. The molecule has 27 heavy (non-hydrogen) atoms. The van der Waals surface area contributed by atoms with E-state index in [-0.39, 0.29) is 46.5 Å². The molecule has 6 atom stereocenters. The predicted octanol–water partition coefficient (Wildman–Crippen LogP) is 4.28. The Kier molecular flexibility index (Phi) is 4.11. The van der Waals surface area contributed by atoms with Gasteiger partial charge in [0.15, 0.2) is 5.13 Å². The summed E-state index contributed by atoms with van der Waals surface area (Å²) in [4.78, 5) is 30.9. The van der Waals surface area contributed by atoms with Crippen LogP contribution in [0.5, 0.6) is 0 Å². The van der Waals surface area contributed by atoms with Crippen molar-refractivity contribution in [3.63, 3.8) is 0 Å². The first kappa shape index (κ1) is 17.6. The molecule has 5 nitrogen and oxygen atoms in total. The molecule has 0 spiro atoms. The van der Waals surface area contributed by atoms with Gasteiger partial charge in [-0.05, 0) is 31.4 Å². The zero-order valence-corrected chi connectivity index (χ0v) is 17.5. The number of carbonyl (C=O) groups is 2. The molecule has 1 aliphatic heterocycles. The van der Waals surface area contributed by atoms with E-state index in [1.54, 1.807) is 0 Å². The zero-order valence-electron chi connectivity index (χ0n) is 14.3. The van der Waals surface area contributed by atoms with E-state index in [9.17, 15) is 9.59 Å². The van der Waals surface area contributed by atoms with E-state index in [0.717, 1.165) is 22.6 Å². The van der Waals surface area contributed by atoms with Gasteiger partial charge in [0.2, 0.25) is 5.91 Å². The van der Waals surface area contributed by atoms with Crippen molar-refractivity contribution >= 4 is 55.9 Å². The molecule has 0 radical (unpaired) electrons. The third-order valence-corrected chi connectivity index (χ3v) is 8.31. The summed E-state index contributed by atoms with van der Waals surface area (Å²) in [5, 5.41) is 4.17. The number of aromatic nitrogens is 1. The predicted molar refractivity (Wildman–Crippen MR) is 107 cm³/mol. The fourth-order valence-corrected chi connectivity index (χ4v) is 6.85. The second kappa shape index (κ2) is 6.29. The number of halogens is 2. The Morgan fingerprint density at radius 3 is 2.81 bits per heavy atom. The van der Waals surface area contributed by atoms with Crippen LogP contribution >= 0.6 is 38.9 Å². The van der Waals surface area contributed by atoms with Crippen LogP contribution in [0, 0.1) is 30.6 Å². The largest absolute Gasteiger partial charge is 0.461 e. The normalized spacial score (nSPS) is 33.4. The first-order chi connectivity index (χ1) is 12.9. The summed E-state index contributed by atoms with van der Waals surface area (Å²) >= 11 is 11.0. The number of ether oxygens (including phenoxy) is 1. The topological polar surface area (TPSA) is 68.3 Å². The van der Waals surface area contributed by atoms with Crippen LogP contribution in [0.3, 0.4) is 0 Å². The van der Waals surface area contributed by atoms with Crippen molar-refractivity contribution in [2.75, 3.05) is 5.32 Å². The third kappa shape index (κ3) is 2.66. The molecule has 2 saturated carbocycles. The van der Waals surface area contributed by atoms with E-state index >= 15 is 0 Å². The van der Waals surface area contributed by atoms with Crippen molar-refractivity contribution in [2.45, 2.75) is 24.3 Å². The molecule has 2 aromatic rings. The van der Waals surface area contributed by atoms with Crippen LogP contribution in [-0.2, 0) is 14.3 Å². The number of nitrogens with one attached hydrogen (secondary N) is 1. The number of hydrogen-bond donors (Lipinski definition) is 1. The molecule has 3 aliphatic rings. The molecule has 1 saturated heterocycles. The highest BCUT2D eigenvalue weighted by atomic mass is 79.9. The lowest BCUT2D eigenvalue weighted by Crippen LogP contribution is -2.40. The van der Waals surface area contributed by atoms with E-state index < -0.39 is 0 Å². The highest BCUT2D eigenvalue weighted by Gasteiger charge is 2.67. The summed E-state index contributed by atoms with van der Waals surface area (Å²) < 4.78 is 5.48. The molecule has 0 unspecified atom stereocenters. The van der Waals surface area contributed by atoms with Gasteiger partial charge in [0, 0.05) is 21.4 Å². The Labute approximate surface area is 173 Å². The lowest BCUT2D eigenvalue weighted by Gasteiger charge is -2.27. The third-order valence-electron chi connectivity index (χ3n) is 5.97. The lowest BCUT2D eigenvalue weighted by atomic mass is 9.79. The number of hydrogen-bond acceptors (Lipinski definition) is 5. The maximum absolute atomic E-state index is 13.0. The van der Waals surface area contributed by atoms with Crippen LogP contribution in [-0.4, -0.2) is 27.8 Å². The summed E-state index contributed by atoms with van der Waals surface area (Å²) in [6.45, 7) is 1.97. The van der Waals surface area contributed by atoms with Gasteiger partial charge < -0.3 is 10.1 Å². The zero-order chi connectivity index (χ0) is 18.9. The minimum atomic E-state index is -0.353. The maximum Gasteiger partial charge on any atom is 0.310 e. The average molecular weight is 468 g/mol. The molecule has 2 heterocycles. The SMILES string of the molecule is Cc1sc(NC(=O)[C@@H]2[C@H]3C[C@H]4[C@H](OC(=O)[C@@H]42)[C@H]3Br)nc1-c1ccc(Cl)cc1. The Morgan fingerprint density at radius 2 is 2.07 bits per heavy atom. The molecule has 3 fully saturated rings. The van der Waals surface area contributed by atoms with Crippen molar-refractivity contribution < 1.29 is 14.3 Å². The van der Waals surface area contributed by atoms with Gasteiger partial charge in [-0.2, -0.15) is 0 Å². The number of anilines is 1. The Bertz CT molecular complexity index is 947. The van der Waals surface area contributed by atoms with Crippen LogP contribution in [0.2, 0.25) is 5.02 Å². The first-order valence-corrected chi connectivity index (χ1v) is 10.9. The summed E-state index contributed by atoms with van der Waals surface area (Å²) in [5.41, 5.74) is 1.79. The minimum Gasteiger partial charge on any atom is -0.461 e. The van der Waals surface area contributed by atoms with Gasteiger partial charge in [-0.25, -0.2) is 4.98 Å². The highest BCUT2D eigenvalue weighted by molar-refractivity contribution is 9.09. The number of thiazole rings is 1. The van der Waals surface area contributed by atoms with E-state index in [4.69, 9.17) is 16.3 Å². The fourth-order valence-electron chi connectivity index (χ4n) is 4.84. The number of carbonyl (C=O) groups excluding carboxylic acids is 2. The molecule has 2 bridgehead atoms. The van der Waals surface area contributed by atoms with Gasteiger partial charge >= 0.3 is 5.97 Å². The number of rotatable bonds is 3. The molecule has 140 valence electrons. The number of alkyl halides is 1. The van der Waals surface area contributed by atoms with Gasteiger partial charge in [-0.1, -0.05) is 39.7 Å². The van der Waals surface area contributed by atoms with Gasteiger partial charge in [0.25, 0.3) is 0 Å². The Morgan fingerprint density at radius 1 is 1.33 bits per heavy atom. The Balaban J connectivity index is 1.38. The number of esters is 1. The van der Waals surface area contributed by atoms with E-state index in [2.05, 4.69) is 26.2 Å². The van der Waals surface area contributed by atoms with Gasteiger partial charge in [0.1, 0.15) is 6.10 Å². The molecular formula is C19H16BrClN2O3S. The van der Waals surface area contributed by atoms with Crippen molar-refractivity contribution in [1.82, 2.24) is 4.98 Å². The fraction of sp³-hybridized carbons (Fsp3) is 0.421. The summed E-state index contributed by atoms with van der Waals surface area (Å²) in [6.07, 6.45) is 0.789. The number of aryl methyl sites for hydroxylation is 1. The summed E-state index contributed by atoms with van der Waals surface area (Å²) in [6, 6.07) is 7.47. The lowest BCUT2D eigenvalue weighted by molar-refractivity contribution is -0.145.